The molecule has 1 heterocycles. The molecule has 1 atom stereocenters. The van der Waals surface area contributed by atoms with Gasteiger partial charge in [-0.3, -0.25) is 4.79 Å². The summed E-state index contributed by atoms with van der Waals surface area (Å²) < 4.78 is 5.36. The minimum atomic E-state index is -0.623. The van der Waals surface area contributed by atoms with Crippen LogP contribution in [-0.2, 0) is 11.2 Å². The first-order chi connectivity index (χ1) is 14.0. The second-order valence-electron chi connectivity index (χ2n) is 7.95. The Hall–Kier alpha value is -1.94. The number of halogens is 1. The molecule has 158 valence electrons. The minimum absolute atomic E-state index is 0.344. The Balaban J connectivity index is 1.84. The van der Waals surface area contributed by atoms with E-state index in [9.17, 15) is 4.79 Å². The van der Waals surface area contributed by atoms with Crippen molar-refractivity contribution in [1.82, 2.24) is 9.97 Å². The van der Waals surface area contributed by atoms with E-state index in [4.69, 9.17) is 16.3 Å². The highest BCUT2D eigenvalue weighted by Crippen LogP contribution is 2.23. The molecule has 2 aromatic rings. The van der Waals surface area contributed by atoms with Gasteiger partial charge in [-0.1, -0.05) is 65.0 Å². The van der Waals surface area contributed by atoms with E-state index < -0.39 is 11.3 Å². The molecule has 0 fully saturated rings. The van der Waals surface area contributed by atoms with Crippen molar-refractivity contribution in [3.63, 3.8) is 0 Å². The molecule has 0 N–H and O–H groups in total. The molecule has 0 aliphatic rings. The molecule has 0 bridgehead atoms. The Morgan fingerprint density at radius 3 is 2.21 bits per heavy atom. The average molecular weight is 417 g/mol. The summed E-state index contributed by atoms with van der Waals surface area (Å²) in [6.45, 7) is 6.29. The molecule has 0 aliphatic heterocycles. The van der Waals surface area contributed by atoms with Crippen LogP contribution in [0.3, 0.4) is 0 Å². The highest BCUT2D eigenvalue weighted by molar-refractivity contribution is 6.30. The maximum atomic E-state index is 12.0. The fourth-order valence-electron chi connectivity index (χ4n) is 3.10. The largest absolute Gasteiger partial charge is 0.425 e. The van der Waals surface area contributed by atoms with Crippen LogP contribution in [0, 0.1) is 5.92 Å². The number of esters is 1. The van der Waals surface area contributed by atoms with Crippen LogP contribution in [0.2, 0.25) is 0 Å². The van der Waals surface area contributed by atoms with Crippen molar-refractivity contribution in [2.75, 3.05) is 0 Å². The van der Waals surface area contributed by atoms with E-state index in [1.807, 2.05) is 38.4 Å². The van der Waals surface area contributed by atoms with Gasteiger partial charge in [0.1, 0.15) is 17.0 Å². The predicted molar refractivity (Wildman–Crippen MR) is 119 cm³/mol. The number of aryl methyl sites for hydroxylation is 1. The highest BCUT2D eigenvalue weighted by Gasteiger charge is 2.19. The van der Waals surface area contributed by atoms with Gasteiger partial charge in [-0.15, -0.1) is 11.6 Å². The van der Waals surface area contributed by atoms with Crippen LogP contribution >= 0.6 is 11.6 Å². The lowest BCUT2D eigenvalue weighted by atomic mass is 10.1. The third-order valence-electron chi connectivity index (χ3n) is 4.80. The highest BCUT2D eigenvalue weighted by atomic mass is 35.5. The summed E-state index contributed by atoms with van der Waals surface area (Å²) >= 11 is 6.09. The van der Waals surface area contributed by atoms with Crippen LogP contribution in [-0.4, -0.2) is 21.3 Å². The number of ether oxygens (including phenoxy) is 1. The van der Waals surface area contributed by atoms with Crippen molar-refractivity contribution in [1.29, 1.82) is 0 Å². The van der Waals surface area contributed by atoms with Crippen LogP contribution in [0.5, 0.6) is 5.75 Å². The lowest BCUT2D eigenvalue weighted by molar-refractivity contribution is -0.134. The van der Waals surface area contributed by atoms with Gasteiger partial charge in [0.15, 0.2) is 0 Å². The molecule has 0 aliphatic carbocycles. The zero-order chi connectivity index (χ0) is 21.1. The van der Waals surface area contributed by atoms with E-state index in [-0.39, 0.29) is 0 Å². The second-order valence-corrected chi connectivity index (χ2v) is 8.48. The van der Waals surface area contributed by atoms with Gasteiger partial charge in [0.25, 0.3) is 0 Å². The monoisotopic (exact) mass is 416 g/mol. The van der Waals surface area contributed by atoms with Crippen molar-refractivity contribution < 1.29 is 9.53 Å². The first kappa shape index (κ1) is 23.3. The molecule has 1 unspecified atom stereocenters. The lowest BCUT2D eigenvalue weighted by Crippen LogP contribution is -2.22. The molecule has 0 saturated carbocycles. The van der Waals surface area contributed by atoms with Crippen molar-refractivity contribution in [2.24, 2.45) is 5.92 Å². The molecule has 2 rings (SSSR count). The summed E-state index contributed by atoms with van der Waals surface area (Å²) in [6, 6.07) is 7.35. The van der Waals surface area contributed by atoms with Crippen molar-refractivity contribution in [2.45, 2.75) is 77.5 Å². The number of benzene rings is 1. The first-order valence-corrected chi connectivity index (χ1v) is 11.2. The van der Waals surface area contributed by atoms with Gasteiger partial charge in [-0.05, 0) is 36.5 Å². The maximum Gasteiger partial charge on any atom is 0.329 e. The number of hydrogen-bond donors (Lipinski definition) is 0. The van der Waals surface area contributed by atoms with E-state index in [1.54, 1.807) is 12.1 Å². The Morgan fingerprint density at radius 1 is 0.966 bits per heavy atom. The fraction of sp³-hybridized carbons (Fsp3) is 0.542. The SMILES string of the molecule is CCCCCCCCc1ncc(-c2ccc(OC(=O)C(Cl)CC(C)C)cc2)cn1. The van der Waals surface area contributed by atoms with Crippen LogP contribution < -0.4 is 4.74 Å². The van der Waals surface area contributed by atoms with Crippen LogP contribution in [0.1, 0.15) is 71.5 Å². The van der Waals surface area contributed by atoms with E-state index >= 15 is 0 Å². The number of nitrogens with zero attached hydrogens (tertiary/aromatic N) is 2. The molecule has 29 heavy (non-hydrogen) atoms. The van der Waals surface area contributed by atoms with Gasteiger partial charge in [0.2, 0.25) is 0 Å². The summed E-state index contributed by atoms with van der Waals surface area (Å²) in [5.41, 5.74) is 1.94. The third-order valence-corrected chi connectivity index (χ3v) is 5.16. The Labute approximate surface area is 180 Å². The smallest absolute Gasteiger partial charge is 0.329 e. The number of alkyl halides is 1. The molecule has 0 amide bonds. The topological polar surface area (TPSA) is 52.1 Å². The molecule has 1 aromatic heterocycles. The van der Waals surface area contributed by atoms with E-state index in [1.165, 1.54) is 32.1 Å². The van der Waals surface area contributed by atoms with Crippen molar-refractivity contribution in [3.05, 3.63) is 42.5 Å². The van der Waals surface area contributed by atoms with Gasteiger partial charge in [0.05, 0.1) is 0 Å². The third kappa shape index (κ3) is 8.53. The Morgan fingerprint density at radius 2 is 1.59 bits per heavy atom. The summed E-state index contributed by atoms with van der Waals surface area (Å²) in [7, 11) is 0. The lowest BCUT2D eigenvalue weighted by Gasteiger charge is -2.11. The quantitative estimate of drug-likeness (QED) is 0.169. The maximum absolute atomic E-state index is 12.0. The molecule has 0 radical (unpaired) electrons. The number of rotatable bonds is 12. The number of hydrogen-bond acceptors (Lipinski definition) is 4. The first-order valence-electron chi connectivity index (χ1n) is 10.8. The second kappa shape index (κ2) is 12.6. The van der Waals surface area contributed by atoms with Crippen LogP contribution in [0.15, 0.2) is 36.7 Å². The summed E-state index contributed by atoms with van der Waals surface area (Å²) in [4.78, 5) is 21.0. The summed E-state index contributed by atoms with van der Waals surface area (Å²) in [5.74, 6) is 1.33. The molecular weight excluding hydrogens is 384 g/mol. The zero-order valence-corrected chi connectivity index (χ0v) is 18.6. The Bertz CT molecular complexity index is 730. The van der Waals surface area contributed by atoms with E-state index in [2.05, 4.69) is 16.9 Å². The molecule has 0 saturated heterocycles. The van der Waals surface area contributed by atoms with Crippen LogP contribution in [0.25, 0.3) is 11.1 Å². The summed E-state index contributed by atoms with van der Waals surface area (Å²) in [6.07, 6.45) is 12.9. The van der Waals surface area contributed by atoms with Gasteiger partial charge in [-0.25, -0.2) is 9.97 Å². The number of unbranched alkanes of at least 4 members (excludes halogenated alkanes) is 5. The van der Waals surface area contributed by atoms with E-state index in [0.717, 1.165) is 29.8 Å². The van der Waals surface area contributed by atoms with Gasteiger partial charge < -0.3 is 4.74 Å². The standard InChI is InChI=1S/C24H33ClN2O2/c1-4-5-6-7-8-9-10-23-26-16-20(17-27-23)19-11-13-21(14-12-19)29-24(28)22(25)15-18(2)3/h11-14,16-18,22H,4-10,15H2,1-3H3. The predicted octanol–water partition coefficient (Wildman–Crippen LogP) is 6.61. The minimum Gasteiger partial charge on any atom is -0.425 e. The van der Waals surface area contributed by atoms with Crippen molar-refractivity contribution >= 4 is 17.6 Å². The summed E-state index contributed by atoms with van der Waals surface area (Å²) in [5, 5.41) is -0.623. The molecular formula is C24H33ClN2O2. The van der Waals surface area contributed by atoms with Crippen LogP contribution in [0.4, 0.5) is 0 Å². The number of carbonyl (C=O) groups excluding carboxylic acids is 1. The molecule has 4 nitrogen and oxygen atoms in total. The Kier molecular flexibility index (Phi) is 10.1. The fourth-order valence-corrected chi connectivity index (χ4v) is 3.50. The average Bonchev–Trinajstić information content (AvgIpc) is 2.71. The van der Waals surface area contributed by atoms with Crippen molar-refractivity contribution in [3.8, 4) is 16.9 Å². The number of aromatic nitrogens is 2. The van der Waals surface area contributed by atoms with Gasteiger partial charge in [-0.2, -0.15) is 0 Å². The molecule has 5 heteroatoms. The van der Waals surface area contributed by atoms with E-state index in [0.29, 0.717) is 18.1 Å². The number of carbonyl (C=O) groups is 1. The normalized spacial score (nSPS) is 12.2. The molecule has 0 spiro atoms. The molecule has 1 aromatic carbocycles. The van der Waals surface area contributed by atoms with Gasteiger partial charge in [0, 0.05) is 24.4 Å². The zero-order valence-electron chi connectivity index (χ0n) is 17.9. The van der Waals surface area contributed by atoms with Gasteiger partial charge >= 0.3 is 5.97 Å².